The number of thiocarbonyl (C=S) groups is 1. The Hall–Kier alpha value is -2.29. The molecule has 8 heteroatoms. The van der Waals surface area contributed by atoms with Crippen LogP contribution in [0, 0.1) is 0 Å². The van der Waals surface area contributed by atoms with Crippen molar-refractivity contribution in [3.8, 4) is 0 Å². The van der Waals surface area contributed by atoms with Gasteiger partial charge in [0, 0.05) is 29.1 Å². The van der Waals surface area contributed by atoms with Crippen LogP contribution in [0.15, 0.2) is 46.7 Å². The molecular formula is C20H18N2O3S3. The molecule has 0 aliphatic carbocycles. The molecule has 1 aliphatic heterocycles. The van der Waals surface area contributed by atoms with Crippen LogP contribution < -0.4 is 5.32 Å². The molecule has 1 aromatic carbocycles. The van der Waals surface area contributed by atoms with Crippen LogP contribution in [-0.2, 0) is 9.59 Å². The average Bonchev–Trinajstić information content (AvgIpc) is 3.26. The van der Waals surface area contributed by atoms with Gasteiger partial charge in [0.1, 0.15) is 4.32 Å². The second-order valence-electron chi connectivity index (χ2n) is 6.13. The van der Waals surface area contributed by atoms with Crippen molar-refractivity contribution in [3.05, 3.63) is 57.1 Å². The lowest BCUT2D eigenvalue weighted by molar-refractivity contribution is -0.122. The molecule has 1 saturated heterocycles. The Labute approximate surface area is 176 Å². The summed E-state index contributed by atoms with van der Waals surface area (Å²) in [6.45, 7) is 1.90. The number of rotatable bonds is 7. The van der Waals surface area contributed by atoms with Crippen LogP contribution in [0.4, 0.5) is 5.69 Å². The summed E-state index contributed by atoms with van der Waals surface area (Å²) in [5, 5.41) is 4.75. The lowest BCUT2D eigenvalue weighted by Crippen LogP contribution is -2.29. The zero-order valence-electron chi connectivity index (χ0n) is 15.1. The number of carbonyl (C=O) groups excluding carboxylic acids is 3. The quantitative estimate of drug-likeness (QED) is 0.396. The van der Waals surface area contributed by atoms with E-state index in [1.807, 2.05) is 23.6 Å². The highest BCUT2D eigenvalue weighted by atomic mass is 32.2. The monoisotopic (exact) mass is 430 g/mol. The van der Waals surface area contributed by atoms with Crippen molar-refractivity contribution in [2.75, 3.05) is 11.9 Å². The lowest BCUT2D eigenvalue weighted by atomic mass is 10.1. The summed E-state index contributed by atoms with van der Waals surface area (Å²) in [5.74, 6) is -0.270. The van der Waals surface area contributed by atoms with Crippen LogP contribution in [0.3, 0.4) is 0 Å². The third-order valence-corrected chi connectivity index (χ3v) is 6.25. The molecule has 2 heterocycles. The number of thioether (sulfide) groups is 1. The first-order valence-electron chi connectivity index (χ1n) is 8.64. The van der Waals surface area contributed by atoms with Crippen LogP contribution in [-0.4, -0.2) is 33.4 Å². The molecule has 2 amide bonds. The molecule has 0 atom stereocenters. The first-order valence-corrected chi connectivity index (χ1v) is 10.7. The summed E-state index contributed by atoms with van der Waals surface area (Å²) in [6, 6.07) is 10.6. The lowest BCUT2D eigenvalue weighted by Gasteiger charge is -2.14. The van der Waals surface area contributed by atoms with Gasteiger partial charge in [-0.1, -0.05) is 30.0 Å². The topological polar surface area (TPSA) is 66.5 Å². The number of benzene rings is 1. The first-order chi connectivity index (χ1) is 13.4. The predicted molar refractivity (Wildman–Crippen MR) is 119 cm³/mol. The highest BCUT2D eigenvalue weighted by Gasteiger charge is 2.31. The molecule has 0 unspecified atom stereocenters. The Balaban J connectivity index is 1.49. The van der Waals surface area contributed by atoms with Crippen LogP contribution in [0.25, 0.3) is 6.08 Å². The fourth-order valence-electron chi connectivity index (χ4n) is 2.60. The summed E-state index contributed by atoms with van der Waals surface area (Å²) in [4.78, 5) is 39.1. The van der Waals surface area contributed by atoms with Gasteiger partial charge in [0.05, 0.1) is 4.91 Å². The van der Waals surface area contributed by atoms with Crippen molar-refractivity contribution in [3.63, 3.8) is 0 Å². The fourth-order valence-corrected chi connectivity index (χ4v) is 4.64. The Morgan fingerprint density at radius 2 is 1.96 bits per heavy atom. The number of Topliss-reactive ketones (excluding diaryl/α,β-unsaturated/α-hetero) is 1. The Kier molecular flexibility index (Phi) is 6.77. The van der Waals surface area contributed by atoms with E-state index in [1.54, 1.807) is 40.5 Å². The molecule has 0 bridgehead atoms. The minimum atomic E-state index is -0.143. The molecule has 3 rings (SSSR count). The van der Waals surface area contributed by atoms with Crippen LogP contribution >= 0.6 is 35.3 Å². The van der Waals surface area contributed by atoms with E-state index < -0.39 is 0 Å². The SMILES string of the molecule is CC(=O)c1ccc(NC(=O)CCCN2C(=O)C(=Cc3cccs3)SC2=S)cc1. The minimum Gasteiger partial charge on any atom is -0.326 e. The van der Waals surface area contributed by atoms with Crippen LogP contribution in [0.1, 0.15) is 35.0 Å². The van der Waals surface area contributed by atoms with Gasteiger partial charge in [0.15, 0.2) is 5.78 Å². The smallest absolute Gasteiger partial charge is 0.266 e. The number of nitrogens with one attached hydrogen (secondary N) is 1. The van der Waals surface area contributed by atoms with E-state index in [0.29, 0.717) is 33.4 Å². The third kappa shape index (κ3) is 5.15. The molecule has 1 aliphatic rings. The molecular weight excluding hydrogens is 412 g/mol. The van der Waals surface area contributed by atoms with Crippen molar-refractivity contribution in [2.24, 2.45) is 0 Å². The van der Waals surface area contributed by atoms with Gasteiger partial charge in [-0.3, -0.25) is 19.3 Å². The number of anilines is 1. The van der Waals surface area contributed by atoms with Crippen molar-refractivity contribution in [1.29, 1.82) is 0 Å². The van der Waals surface area contributed by atoms with Gasteiger partial charge in [-0.05, 0) is 55.1 Å². The van der Waals surface area contributed by atoms with Crippen molar-refractivity contribution < 1.29 is 14.4 Å². The van der Waals surface area contributed by atoms with Gasteiger partial charge >= 0.3 is 0 Å². The number of amides is 2. The van der Waals surface area contributed by atoms with Crippen LogP contribution in [0.5, 0.6) is 0 Å². The molecule has 1 N–H and O–H groups in total. The standard InChI is InChI=1S/C20H18N2O3S3/c1-13(23)14-6-8-15(9-7-14)21-18(24)5-2-10-22-19(25)17(28-20(22)26)12-16-4-3-11-27-16/h3-4,6-9,11-12H,2,5,10H2,1H3,(H,21,24). The maximum atomic E-state index is 12.5. The van der Waals surface area contributed by atoms with E-state index in [2.05, 4.69) is 5.32 Å². The highest BCUT2D eigenvalue weighted by Crippen LogP contribution is 2.33. The zero-order valence-corrected chi connectivity index (χ0v) is 17.6. The number of ketones is 1. The van der Waals surface area contributed by atoms with E-state index in [1.165, 1.54) is 18.7 Å². The van der Waals surface area contributed by atoms with E-state index in [0.717, 1.165) is 4.88 Å². The summed E-state index contributed by atoms with van der Waals surface area (Å²) < 4.78 is 0.521. The van der Waals surface area contributed by atoms with E-state index in [-0.39, 0.29) is 24.0 Å². The summed E-state index contributed by atoms with van der Waals surface area (Å²) in [5.41, 5.74) is 1.24. The van der Waals surface area contributed by atoms with Gasteiger partial charge in [-0.25, -0.2) is 0 Å². The second-order valence-corrected chi connectivity index (χ2v) is 8.79. The number of nitrogens with zero attached hydrogens (tertiary/aromatic N) is 1. The molecule has 144 valence electrons. The first kappa shape index (κ1) is 20.4. The Morgan fingerprint density at radius 1 is 1.21 bits per heavy atom. The number of hydrogen-bond donors (Lipinski definition) is 1. The molecule has 5 nitrogen and oxygen atoms in total. The number of hydrogen-bond acceptors (Lipinski definition) is 6. The average molecular weight is 431 g/mol. The minimum absolute atomic E-state index is 0.0190. The zero-order chi connectivity index (χ0) is 20.1. The summed E-state index contributed by atoms with van der Waals surface area (Å²) in [7, 11) is 0. The summed E-state index contributed by atoms with van der Waals surface area (Å²) in [6.07, 6.45) is 2.63. The van der Waals surface area contributed by atoms with Gasteiger partial charge in [0.25, 0.3) is 5.91 Å². The molecule has 0 saturated carbocycles. The molecule has 0 radical (unpaired) electrons. The molecule has 1 fully saturated rings. The molecule has 28 heavy (non-hydrogen) atoms. The Morgan fingerprint density at radius 3 is 2.61 bits per heavy atom. The summed E-state index contributed by atoms with van der Waals surface area (Å²) >= 11 is 8.17. The number of carbonyl (C=O) groups is 3. The Bertz CT molecular complexity index is 934. The maximum absolute atomic E-state index is 12.5. The van der Waals surface area contributed by atoms with E-state index in [9.17, 15) is 14.4 Å². The van der Waals surface area contributed by atoms with Gasteiger partial charge in [-0.2, -0.15) is 0 Å². The molecule has 0 spiro atoms. The van der Waals surface area contributed by atoms with E-state index in [4.69, 9.17) is 12.2 Å². The van der Waals surface area contributed by atoms with Crippen LogP contribution in [0.2, 0.25) is 0 Å². The maximum Gasteiger partial charge on any atom is 0.266 e. The normalized spacial score (nSPS) is 15.3. The van der Waals surface area contributed by atoms with Crippen molar-refractivity contribution in [2.45, 2.75) is 19.8 Å². The highest BCUT2D eigenvalue weighted by molar-refractivity contribution is 8.26. The van der Waals surface area contributed by atoms with Gasteiger partial charge < -0.3 is 5.32 Å². The van der Waals surface area contributed by atoms with Crippen molar-refractivity contribution in [1.82, 2.24) is 4.90 Å². The molecule has 1 aromatic heterocycles. The largest absolute Gasteiger partial charge is 0.326 e. The fraction of sp³-hybridized carbons (Fsp3) is 0.200. The van der Waals surface area contributed by atoms with Gasteiger partial charge in [-0.15, -0.1) is 11.3 Å². The second kappa shape index (κ2) is 9.27. The predicted octanol–water partition coefficient (Wildman–Crippen LogP) is 4.57. The number of thiophene rings is 1. The molecule has 2 aromatic rings. The van der Waals surface area contributed by atoms with Gasteiger partial charge in [0.2, 0.25) is 5.91 Å². The van der Waals surface area contributed by atoms with E-state index >= 15 is 0 Å². The third-order valence-electron chi connectivity index (χ3n) is 4.05. The van der Waals surface area contributed by atoms with Crippen molar-refractivity contribution >= 4 is 69.0 Å².